The Hall–Kier alpha value is -3.56. The van der Waals surface area contributed by atoms with Gasteiger partial charge in [-0.3, -0.25) is 19.4 Å². The number of aromatic nitrogens is 5. The summed E-state index contributed by atoms with van der Waals surface area (Å²) < 4.78 is 56.8. The first-order valence-electron chi connectivity index (χ1n) is 18.1. The lowest BCUT2D eigenvalue weighted by Gasteiger charge is -2.42. The van der Waals surface area contributed by atoms with E-state index in [1.54, 1.807) is 16.9 Å². The summed E-state index contributed by atoms with van der Waals surface area (Å²) in [4.78, 5) is 32.1. The van der Waals surface area contributed by atoms with E-state index in [1.807, 2.05) is 13.8 Å². The highest BCUT2D eigenvalue weighted by Gasteiger charge is 2.41. The number of rotatable bonds is 10. The van der Waals surface area contributed by atoms with E-state index in [4.69, 9.17) is 6.85 Å². The second kappa shape index (κ2) is 13.8. The van der Waals surface area contributed by atoms with Crippen LogP contribution in [0.5, 0.6) is 0 Å². The van der Waals surface area contributed by atoms with Gasteiger partial charge in [0.25, 0.3) is 5.91 Å². The average molecular weight is 597 g/mol. The van der Waals surface area contributed by atoms with Crippen molar-refractivity contribution in [2.75, 3.05) is 5.32 Å². The van der Waals surface area contributed by atoms with Crippen molar-refractivity contribution in [3.63, 3.8) is 0 Å². The molecule has 5 rings (SSSR count). The molecule has 3 aromatic rings. The largest absolute Gasteiger partial charge is 0.339 e. The first kappa shape index (κ1) is 24.8. The van der Waals surface area contributed by atoms with Crippen LogP contribution in [0.2, 0.25) is 0 Å². The monoisotopic (exact) mass is 596 g/mol. The Kier molecular flexibility index (Phi) is 7.98. The predicted molar refractivity (Wildman–Crippen MR) is 165 cm³/mol. The molecule has 2 aliphatic carbocycles. The molecule has 0 spiro atoms. The quantitative estimate of drug-likeness (QED) is 0.223. The molecule has 10 heteroatoms. The first-order valence-corrected chi connectivity index (χ1v) is 15.6. The molecule has 232 valence electrons. The van der Waals surface area contributed by atoms with Crippen LogP contribution in [0.1, 0.15) is 120 Å². The summed E-state index contributed by atoms with van der Waals surface area (Å²) in [7, 11) is 0. The minimum atomic E-state index is -3.04. The number of halogens is 1. The van der Waals surface area contributed by atoms with E-state index in [0.29, 0.717) is 5.69 Å². The number of hydrogen-bond donors (Lipinski definition) is 3. The normalized spacial score (nSPS) is 19.7. The molecule has 0 bridgehead atoms. The van der Waals surface area contributed by atoms with Crippen LogP contribution in [-0.2, 0) is 11.2 Å². The van der Waals surface area contributed by atoms with Gasteiger partial charge in [0.15, 0.2) is 0 Å². The first-order chi connectivity index (χ1) is 22.7. The van der Waals surface area contributed by atoms with Crippen LogP contribution in [0, 0.1) is 30.6 Å². The summed E-state index contributed by atoms with van der Waals surface area (Å²) in [5.41, 5.74) is -0.0341. The molecule has 2 saturated carbocycles. The zero-order valence-corrected chi connectivity index (χ0v) is 25.3. The molecular formula is C33H46FN7O2. The molecule has 2 fully saturated rings. The van der Waals surface area contributed by atoms with Crippen molar-refractivity contribution in [3.8, 4) is 11.1 Å². The Bertz CT molecular complexity index is 1570. The lowest BCUT2D eigenvalue weighted by atomic mass is 9.66. The molecule has 0 radical (unpaired) electrons. The standard InChI is InChI=1S/C33H46FN7O2/c1-5-25-28(21(4)39-40-25)24-16-17-27(36-31(24)34)37-33(43)30(38-32(42)26-18-19-35-41(26)20(2)3)29(22-12-8-6-9-13-22)23-14-10-7-11-15-23/h16-20,22-23,29-30H,5-15H2,1-4H3,(H,38,42)(H,39,40)(H,36,37,43)/t30-/m0/s1/i1D3,5D2. The third-order valence-electron chi connectivity index (χ3n) is 9.18. The molecular weight excluding hydrogens is 545 g/mol. The topological polar surface area (TPSA) is 118 Å². The fraction of sp³-hybridized carbons (Fsp3) is 0.606. The van der Waals surface area contributed by atoms with E-state index in [-0.39, 0.29) is 52.1 Å². The lowest BCUT2D eigenvalue weighted by molar-refractivity contribution is -0.121. The molecule has 2 amide bonds. The second-order valence-corrected chi connectivity index (χ2v) is 12.3. The SMILES string of the molecule is [2H]C([2H])([2H])C([2H])([2H])c1[nH]nc(C)c1-c1ccc(NC(=O)[C@@H](NC(=O)c2ccnn2C(C)C)C(C2CCCCC2)C2CCCCC2)nc1F. The molecule has 0 aliphatic heterocycles. The summed E-state index contributed by atoms with van der Waals surface area (Å²) in [5, 5.41) is 16.5. The van der Waals surface area contributed by atoms with Crippen molar-refractivity contribution < 1.29 is 20.8 Å². The lowest BCUT2D eigenvalue weighted by Crippen LogP contribution is -2.53. The Labute approximate surface area is 260 Å². The third-order valence-corrected chi connectivity index (χ3v) is 9.18. The molecule has 0 aromatic carbocycles. The van der Waals surface area contributed by atoms with Gasteiger partial charge in [0.05, 0.1) is 5.69 Å². The van der Waals surface area contributed by atoms with Gasteiger partial charge in [-0.25, -0.2) is 4.98 Å². The van der Waals surface area contributed by atoms with Crippen molar-refractivity contribution in [1.82, 2.24) is 30.3 Å². The molecule has 0 saturated heterocycles. The zero-order valence-electron chi connectivity index (χ0n) is 30.3. The maximum atomic E-state index is 15.7. The Balaban J connectivity index is 1.48. The van der Waals surface area contributed by atoms with Crippen LogP contribution >= 0.6 is 0 Å². The number of carbonyl (C=O) groups is 2. The number of aryl methyl sites for hydroxylation is 2. The van der Waals surface area contributed by atoms with Gasteiger partial charge in [-0.15, -0.1) is 0 Å². The number of pyridine rings is 1. The van der Waals surface area contributed by atoms with E-state index in [0.717, 1.165) is 64.2 Å². The van der Waals surface area contributed by atoms with Crippen molar-refractivity contribution in [1.29, 1.82) is 0 Å². The van der Waals surface area contributed by atoms with Gasteiger partial charge in [0.2, 0.25) is 11.9 Å². The molecule has 3 aromatic heterocycles. The average Bonchev–Trinajstić information content (AvgIpc) is 3.69. The maximum Gasteiger partial charge on any atom is 0.270 e. The summed E-state index contributed by atoms with van der Waals surface area (Å²) in [6.07, 6.45) is 9.19. The minimum absolute atomic E-state index is 0.0411. The van der Waals surface area contributed by atoms with Crippen LogP contribution in [0.25, 0.3) is 11.1 Å². The molecule has 0 unspecified atom stereocenters. The Morgan fingerprint density at radius 2 is 1.77 bits per heavy atom. The van der Waals surface area contributed by atoms with Crippen molar-refractivity contribution in [2.24, 2.45) is 17.8 Å². The summed E-state index contributed by atoms with van der Waals surface area (Å²) >= 11 is 0. The zero-order chi connectivity index (χ0) is 34.8. The van der Waals surface area contributed by atoms with E-state index in [1.165, 1.54) is 19.1 Å². The Morgan fingerprint density at radius 1 is 1.09 bits per heavy atom. The number of hydrogen-bond acceptors (Lipinski definition) is 5. The van der Waals surface area contributed by atoms with Crippen molar-refractivity contribution >= 4 is 17.6 Å². The number of nitrogens with zero attached hydrogens (tertiary/aromatic N) is 4. The van der Waals surface area contributed by atoms with Crippen molar-refractivity contribution in [3.05, 3.63) is 47.4 Å². The van der Waals surface area contributed by atoms with Crippen LogP contribution in [0.4, 0.5) is 10.2 Å². The van der Waals surface area contributed by atoms with E-state index < -0.39 is 37.0 Å². The number of nitrogens with one attached hydrogen (secondary N) is 3. The molecule has 2 aliphatic rings. The summed E-state index contributed by atoms with van der Waals surface area (Å²) in [5.74, 6) is -1.63. The number of amides is 2. The fourth-order valence-electron chi connectivity index (χ4n) is 7.17. The predicted octanol–water partition coefficient (Wildman–Crippen LogP) is 6.77. The maximum absolute atomic E-state index is 15.7. The van der Waals surface area contributed by atoms with Gasteiger partial charge in [-0.1, -0.05) is 71.1 Å². The highest BCUT2D eigenvalue weighted by atomic mass is 19.1. The van der Waals surface area contributed by atoms with E-state index >= 15 is 4.39 Å². The van der Waals surface area contributed by atoms with E-state index in [2.05, 4.69) is 30.9 Å². The highest BCUT2D eigenvalue weighted by Crippen LogP contribution is 2.42. The van der Waals surface area contributed by atoms with Crippen LogP contribution in [-0.4, -0.2) is 42.8 Å². The van der Waals surface area contributed by atoms with Gasteiger partial charge in [-0.2, -0.15) is 14.6 Å². The molecule has 3 heterocycles. The number of carbonyl (C=O) groups excluding carboxylic acids is 2. The van der Waals surface area contributed by atoms with Gasteiger partial charge in [0, 0.05) is 35.9 Å². The van der Waals surface area contributed by atoms with Gasteiger partial charge < -0.3 is 10.6 Å². The van der Waals surface area contributed by atoms with Crippen LogP contribution < -0.4 is 10.6 Å². The minimum Gasteiger partial charge on any atom is -0.339 e. The van der Waals surface area contributed by atoms with Crippen molar-refractivity contribution in [2.45, 2.75) is 110 Å². The molecule has 9 nitrogen and oxygen atoms in total. The molecule has 1 atom stereocenters. The second-order valence-electron chi connectivity index (χ2n) is 12.3. The highest BCUT2D eigenvalue weighted by molar-refractivity contribution is 6.00. The summed E-state index contributed by atoms with van der Waals surface area (Å²) in [6.45, 7) is 2.32. The number of H-pyrrole nitrogens is 1. The van der Waals surface area contributed by atoms with E-state index in [9.17, 15) is 9.59 Å². The third kappa shape index (κ3) is 6.83. The van der Waals surface area contributed by atoms with Gasteiger partial charge in [-0.05, 0) is 63.1 Å². The van der Waals surface area contributed by atoms with Crippen LogP contribution in [0.3, 0.4) is 0 Å². The smallest absolute Gasteiger partial charge is 0.270 e. The summed E-state index contributed by atoms with van der Waals surface area (Å²) in [6, 6.07) is 3.37. The number of aromatic amines is 1. The molecule has 3 N–H and O–H groups in total. The van der Waals surface area contributed by atoms with Crippen LogP contribution in [0.15, 0.2) is 24.4 Å². The number of anilines is 1. The van der Waals surface area contributed by atoms with Gasteiger partial charge >= 0.3 is 0 Å². The fourth-order valence-corrected chi connectivity index (χ4v) is 7.17. The molecule has 43 heavy (non-hydrogen) atoms. The Morgan fingerprint density at radius 3 is 2.37 bits per heavy atom. The van der Waals surface area contributed by atoms with Gasteiger partial charge in [0.1, 0.15) is 17.6 Å².